The van der Waals surface area contributed by atoms with Crippen LogP contribution in [0.1, 0.15) is 30.1 Å². The van der Waals surface area contributed by atoms with Crippen molar-refractivity contribution >= 4 is 27.5 Å². The second-order valence-electron chi connectivity index (χ2n) is 4.87. The number of nitrogens with two attached hydrogens (primary N) is 1. The van der Waals surface area contributed by atoms with Gasteiger partial charge in [0.25, 0.3) is 5.91 Å². The number of anilines is 1. The molecule has 1 unspecified atom stereocenters. The number of carbonyl (C=O) groups is 1. The molecule has 0 saturated carbocycles. The Labute approximate surface area is 122 Å². The Morgan fingerprint density at radius 2 is 2.37 bits per heavy atom. The van der Waals surface area contributed by atoms with Gasteiger partial charge >= 0.3 is 0 Å². The summed E-state index contributed by atoms with van der Waals surface area (Å²) in [5.74, 6) is -0.372. The van der Waals surface area contributed by atoms with E-state index in [4.69, 9.17) is 5.73 Å². The average Bonchev–Trinajstić information content (AvgIpc) is 2.90. The summed E-state index contributed by atoms with van der Waals surface area (Å²) in [7, 11) is 0. The molecule has 0 radical (unpaired) electrons. The summed E-state index contributed by atoms with van der Waals surface area (Å²) >= 11 is 3.40. The Morgan fingerprint density at radius 1 is 1.58 bits per heavy atom. The Morgan fingerprint density at radius 3 is 2.95 bits per heavy atom. The number of nitrogens with one attached hydrogen (secondary N) is 1. The van der Waals surface area contributed by atoms with Crippen LogP contribution in [0.4, 0.5) is 5.69 Å². The molecule has 0 aliphatic carbocycles. The molecule has 104 valence electrons. The molecule has 0 spiro atoms. The third kappa shape index (κ3) is 3.28. The van der Waals surface area contributed by atoms with Crippen molar-refractivity contribution in [3.8, 4) is 0 Å². The van der Waals surface area contributed by atoms with Crippen molar-refractivity contribution < 1.29 is 4.79 Å². The second-order valence-corrected chi connectivity index (χ2v) is 5.78. The van der Waals surface area contributed by atoms with Crippen molar-refractivity contribution in [2.24, 2.45) is 5.73 Å². The van der Waals surface area contributed by atoms with Crippen molar-refractivity contribution in [3.05, 3.63) is 28.2 Å². The highest BCUT2D eigenvalue weighted by Crippen LogP contribution is 2.27. The van der Waals surface area contributed by atoms with Gasteiger partial charge in [0.2, 0.25) is 0 Å². The molecule has 1 aromatic rings. The van der Waals surface area contributed by atoms with Gasteiger partial charge in [-0.2, -0.15) is 0 Å². The maximum absolute atomic E-state index is 11.7. The molecular formula is C14H20BrN3O. The van der Waals surface area contributed by atoms with E-state index in [1.54, 1.807) is 0 Å². The number of nitrogens with zero attached hydrogens (tertiary/aromatic N) is 1. The Hall–Kier alpha value is -1.07. The largest absolute Gasteiger partial charge is 0.367 e. The first-order valence-electron chi connectivity index (χ1n) is 6.70. The van der Waals surface area contributed by atoms with E-state index in [1.165, 1.54) is 0 Å². The number of carbonyl (C=O) groups excluding carboxylic acids is 1. The molecule has 1 aliphatic rings. The summed E-state index contributed by atoms with van der Waals surface area (Å²) in [5, 5.41) is 3.37. The third-order valence-electron chi connectivity index (χ3n) is 3.47. The number of benzene rings is 1. The molecule has 1 heterocycles. The van der Waals surface area contributed by atoms with Gasteiger partial charge in [-0.1, -0.05) is 22.9 Å². The van der Waals surface area contributed by atoms with Gasteiger partial charge in [-0.05, 0) is 37.6 Å². The SMILES string of the molecule is CCCN(c1ccc(Br)cc1C(N)=O)C1CCNC1. The zero-order valence-electron chi connectivity index (χ0n) is 11.2. The first kappa shape index (κ1) is 14.3. The first-order valence-corrected chi connectivity index (χ1v) is 7.49. The molecule has 1 aliphatic heterocycles. The summed E-state index contributed by atoms with van der Waals surface area (Å²) in [6.45, 7) is 5.09. The Balaban J connectivity index is 2.37. The quantitative estimate of drug-likeness (QED) is 0.871. The van der Waals surface area contributed by atoms with Crippen LogP contribution in [-0.2, 0) is 0 Å². The molecule has 1 atom stereocenters. The van der Waals surface area contributed by atoms with Crippen LogP contribution in [0.5, 0.6) is 0 Å². The number of amides is 1. The van der Waals surface area contributed by atoms with E-state index in [0.29, 0.717) is 11.6 Å². The van der Waals surface area contributed by atoms with E-state index in [-0.39, 0.29) is 5.91 Å². The van der Waals surface area contributed by atoms with Crippen LogP contribution in [0.25, 0.3) is 0 Å². The molecular weight excluding hydrogens is 306 g/mol. The van der Waals surface area contributed by atoms with Crippen molar-refractivity contribution in [2.75, 3.05) is 24.5 Å². The fourth-order valence-corrected chi connectivity index (χ4v) is 2.96. The zero-order chi connectivity index (χ0) is 13.8. The molecule has 5 heteroatoms. The molecule has 2 rings (SSSR count). The molecule has 1 aromatic carbocycles. The van der Waals surface area contributed by atoms with E-state index in [9.17, 15) is 4.79 Å². The Kier molecular flexibility index (Phi) is 4.82. The standard InChI is InChI=1S/C14H20BrN3O/c1-2-7-18(11-5-6-17-9-11)13-4-3-10(15)8-12(13)14(16)19/h3-4,8,11,17H,2,5-7,9H2,1H3,(H2,16,19). The molecule has 0 bridgehead atoms. The number of halogens is 1. The average molecular weight is 326 g/mol. The number of hydrogen-bond donors (Lipinski definition) is 2. The second kappa shape index (κ2) is 6.39. The number of rotatable bonds is 5. The van der Waals surface area contributed by atoms with E-state index in [0.717, 1.165) is 42.6 Å². The maximum Gasteiger partial charge on any atom is 0.250 e. The summed E-state index contributed by atoms with van der Waals surface area (Å²) in [4.78, 5) is 14.0. The molecule has 0 aromatic heterocycles. The molecule has 19 heavy (non-hydrogen) atoms. The smallest absolute Gasteiger partial charge is 0.250 e. The van der Waals surface area contributed by atoms with Crippen molar-refractivity contribution in [2.45, 2.75) is 25.8 Å². The van der Waals surface area contributed by atoms with Gasteiger partial charge in [0, 0.05) is 29.3 Å². The van der Waals surface area contributed by atoms with Gasteiger partial charge in [0.1, 0.15) is 0 Å². The van der Waals surface area contributed by atoms with Crippen molar-refractivity contribution in [1.82, 2.24) is 5.32 Å². The monoisotopic (exact) mass is 325 g/mol. The highest BCUT2D eigenvalue weighted by Gasteiger charge is 2.24. The molecule has 1 saturated heterocycles. The van der Waals surface area contributed by atoms with Crippen molar-refractivity contribution in [3.63, 3.8) is 0 Å². The third-order valence-corrected chi connectivity index (χ3v) is 3.97. The molecule has 1 amide bonds. The summed E-state index contributed by atoms with van der Waals surface area (Å²) in [5.41, 5.74) is 7.06. The topological polar surface area (TPSA) is 58.4 Å². The minimum Gasteiger partial charge on any atom is -0.367 e. The van der Waals surface area contributed by atoms with Crippen molar-refractivity contribution in [1.29, 1.82) is 0 Å². The normalized spacial score (nSPS) is 18.5. The van der Waals surface area contributed by atoms with E-state index in [1.807, 2.05) is 18.2 Å². The highest BCUT2D eigenvalue weighted by molar-refractivity contribution is 9.10. The summed E-state index contributed by atoms with van der Waals surface area (Å²) < 4.78 is 0.881. The van der Waals surface area contributed by atoms with Crippen LogP contribution in [0.2, 0.25) is 0 Å². The number of hydrogen-bond acceptors (Lipinski definition) is 3. The van der Waals surface area contributed by atoms with Gasteiger partial charge < -0.3 is 16.0 Å². The minimum absolute atomic E-state index is 0.372. The highest BCUT2D eigenvalue weighted by atomic mass is 79.9. The van der Waals surface area contributed by atoms with E-state index < -0.39 is 0 Å². The van der Waals surface area contributed by atoms with Crippen LogP contribution in [-0.4, -0.2) is 31.6 Å². The number of primary amides is 1. The zero-order valence-corrected chi connectivity index (χ0v) is 12.7. The minimum atomic E-state index is -0.372. The lowest BCUT2D eigenvalue weighted by atomic mass is 10.1. The van der Waals surface area contributed by atoms with E-state index >= 15 is 0 Å². The predicted octanol–water partition coefficient (Wildman–Crippen LogP) is 2.13. The lowest BCUT2D eigenvalue weighted by Crippen LogP contribution is -2.38. The van der Waals surface area contributed by atoms with Gasteiger partial charge in [-0.3, -0.25) is 4.79 Å². The molecule has 1 fully saturated rings. The first-order chi connectivity index (χ1) is 9.13. The Bertz CT molecular complexity index is 458. The predicted molar refractivity (Wildman–Crippen MR) is 81.6 cm³/mol. The van der Waals surface area contributed by atoms with Crippen LogP contribution >= 0.6 is 15.9 Å². The van der Waals surface area contributed by atoms with E-state index in [2.05, 4.69) is 33.1 Å². The summed E-state index contributed by atoms with van der Waals surface area (Å²) in [6, 6.07) is 6.20. The van der Waals surface area contributed by atoms with Crippen LogP contribution in [0.15, 0.2) is 22.7 Å². The van der Waals surface area contributed by atoms with Crippen LogP contribution in [0.3, 0.4) is 0 Å². The lowest BCUT2D eigenvalue weighted by molar-refractivity contribution is 0.100. The van der Waals surface area contributed by atoms with Gasteiger partial charge in [-0.25, -0.2) is 0 Å². The molecule has 3 N–H and O–H groups in total. The van der Waals surface area contributed by atoms with Crippen LogP contribution < -0.4 is 16.0 Å². The molecule has 4 nitrogen and oxygen atoms in total. The summed E-state index contributed by atoms with van der Waals surface area (Å²) in [6.07, 6.45) is 2.15. The lowest BCUT2D eigenvalue weighted by Gasteiger charge is -2.31. The van der Waals surface area contributed by atoms with Gasteiger partial charge in [0.05, 0.1) is 5.56 Å². The fourth-order valence-electron chi connectivity index (χ4n) is 2.60. The van der Waals surface area contributed by atoms with Crippen LogP contribution in [0, 0.1) is 0 Å². The maximum atomic E-state index is 11.7. The van der Waals surface area contributed by atoms with Gasteiger partial charge in [0.15, 0.2) is 0 Å². The van der Waals surface area contributed by atoms with Gasteiger partial charge in [-0.15, -0.1) is 0 Å². The fraction of sp³-hybridized carbons (Fsp3) is 0.500.